The van der Waals surface area contributed by atoms with E-state index in [4.69, 9.17) is 4.74 Å². The number of aromatic nitrogens is 2. The Morgan fingerprint density at radius 2 is 2.00 bits per heavy atom. The summed E-state index contributed by atoms with van der Waals surface area (Å²) >= 11 is 0. The number of hydrogen-bond donors (Lipinski definition) is 1. The van der Waals surface area contributed by atoms with Crippen LogP contribution < -0.4 is 9.46 Å². The summed E-state index contributed by atoms with van der Waals surface area (Å²) in [5, 5.41) is 0. The van der Waals surface area contributed by atoms with Crippen molar-refractivity contribution in [3.63, 3.8) is 0 Å². The molecule has 1 heterocycles. The largest absolute Gasteiger partial charge is 0.494 e. The van der Waals surface area contributed by atoms with Gasteiger partial charge >= 0.3 is 0 Å². The van der Waals surface area contributed by atoms with Crippen LogP contribution in [0.15, 0.2) is 47.9 Å². The Labute approximate surface area is 137 Å². The predicted octanol–water partition coefficient (Wildman–Crippen LogP) is 2.43. The number of rotatable bonds is 10. The lowest BCUT2D eigenvalue weighted by molar-refractivity contribution is 0.309. The molecule has 1 aromatic heterocycles. The first-order valence-corrected chi connectivity index (χ1v) is 9.28. The third-order valence-electron chi connectivity index (χ3n) is 3.35. The van der Waals surface area contributed by atoms with Gasteiger partial charge in [-0.3, -0.25) is 0 Å². The van der Waals surface area contributed by atoms with Crippen LogP contribution in [0.5, 0.6) is 5.75 Å². The zero-order chi connectivity index (χ0) is 16.5. The number of hydrogen-bond acceptors (Lipinski definition) is 4. The molecule has 0 spiro atoms. The van der Waals surface area contributed by atoms with E-state index in [9.17, 15) is 8.42 Å². The van der Waals surface area contributed by atoms with Crippen molar-refractivity contribution in [2.45, 2.75) is 37.6 Å². The highest BCUT2D eigenvalue weighted by molar-refractivity contribution is 7.89. The summed E-state index contributed by atoms with van der Waals surface area (Å²) in [7, 11) is -3.47. The lowest BCUT2D eigenvalue weighted by Gasteiger charge is -2.09. The third-order valence-corrected chi connectivity index (χ3v) is 4.82. The van der Waals surface area contributed by atoms with E-state index in [-0.39, 0.29) is 4.90 Å². The lowest BCUT2D eigenvalue weighted by Crippen LogP contribution is -2.25. The van der Waals surface area contributed by atoms with E-state index in [0.29, 0.717) is 25.3 Å². The molecule has 0 aliphatic heterocycles. The molecule has 6 nitrogen and oxygen atoms in total. The van der Waals surface area contributed by atoms with E-state index in [0.717, 1.165) is 19.4 Å². The molecule has 7 heteroatoms. The molecule has 0 amide bonds. The second-order valence-electron chi connectivity index (χ2n) is 5.23. The zero-order valence-electron chi connectivity index (χ0n) is 13.3. The molecule has 0 saturated heterocycles. The number of ether oxygens (including phenoxy) is 1. The van der Waals surface area contributed by atoms with Crippen molar-refractivity contribution >= 4 is 10.0 Å². The number of aryl methyl sites for hydroxylation is 1. The monoisotopic (exact) mass is 337 g/mol. The van der Waals surface area contributed by atoms with Crippen molar-refractivity contribution in [2.24, 2.45) is 0 Å². The Balaban J connectivity index is 1.81. The average Bonchev–Trinajstić information content (AvgIpc) is 3.06. The molecule has 0 aliphatic rings. The van der Waals surface area contributed by atoms with Gasteiger partial charge in [0.1, 0.15) is 5.75 Å². The average molecular weight is 337 g/mol. The molecule has 2 rings (SSSR count). The first kappa shape index (κ1) is 17.5. The molecule has 0 fully saturated rings. The van der Waals surface area contributed by atoms with E-state index in [1.54, 1.807) is 36.8 Å². The Bertz CT molecular complexity index is 667. The summed E-state index contributed by atoms with van der Waals surface area (Å²) in [6, 6.07) is 6.52. The van der Waals surface area contributed by atoms with E-state index in [1.807, 2.05) is 10.8 Å². The van der Waals surface area contributed by atoms with Crippen LogP contribution in [-0.2, 0) is 16.6 Å². The number of sulfonamides is 1. The fourth-order valence-electron chi connectivity index (χ4n) is 2.02. The van der Waals surface area contributed by atoms with E-state index in [1.165, 1.54) is 0 Å². The first-order chi connectivity index (χ1) is 11.1. The molecule has 0 radical (unpaired) electrons. The number of nitrogens with zero attached hydrogens (tertiary/aromatic N) is 2. The molecule has 126 valence electrons. The van der Waals surface area contributed by atoms with Crippen molar-refractivity contribution in [2.75, 3.05) is 13.2 Å². The standard InChI is InChI=1S/C16H23N3O3S/c1-2-3-13-22-15-5-7-16(8-6-15)23(20,21)18-9-4-11-19-12-10-17-14-19/h5-8,10,12,14,18H,2-4,9,11,13H2,1H3. The minimum Gasteiger partial charge on any atom is -0.494 e. The van der Waals surface area contributed by atoms with Gasteiger partial charge in [0.25, 0.3) is 0 Å². The minimum absolute atomic E-state index is 0.253. The molecule has 0 atom stereocenters. The van der Waals surface area contributed by atoms with Gasteiger partial charge in [0.15, 0.2) is 0 Å². The van der Waals surface area contributed by atoms with Crippen LogP contribution in [0.2, 0.25) is 0 Å². The van der Waals surface area contributed by atoms with E-state index in [2.05, 4.69) is 16.6 Å². The van der Waals surface area contributed by atoms with Crippen molar-refractivity contribution < 1.29 is 13.2 Å². The van der Waals surface area contributed by atoms with Gasteiger partial charge in [-0.15, -0.1) is 0 Å². The summed E-state index contributed by atoms with van der Waals surface area (Å²) in [6.45, 7) is 3.86. The highest BCUT2D eigenvalue weighted by atomic mass is 32.2. The second-order valence-corrected chi connectivity index (χ2v) is 6.99. The fraction of sp³-hybridized carbons (Fsp3) is 0.438. The minimum atomic E-state index is -3.47. The van der Waals surface area contributed by atoms with Gasteiger partial charge in [0, 0.05) is 25.5 Å². The topological polar surface area (TPSA) is 73.2 Å². The van der Waals surface area contributed by atoms with Crippen LogP contribution in [0.25, 0.3) is 0 Å². The highest BCUT2D eigenvalue weighted by Gasteiger charge is 2.13. The van der Waals surface area contributed by atoms with Crippen LogP contribution >= 0.6 is 0 Å². The van der Waals surface area contributed by atoms with E-state index < -0.39 is 10.0 Å². The molecule has 0 saturated carbocycles. The Morgan fingerprint density at radius 1 is 1.22 bits per heavy atom. The summed E-state index contributed by atoms with van der Waals surface area (Å²) in [5.74, 6) is 0.692. The van der Waals surface area contributed by atoms with Crippen LogP contribution in [-0.4, -0.2) is 31.1 Å². The molecule has 0 bridgehead atoms. The normalized spacial score (nSPS) is 11.5. The maximum Gasteiger partial charge on any atom is 0.240 e. The predicted molar refractivity (Wildman–Crippen MR) is 88.9 cm³/mol. The maximum atomic E-state index is 12.2. The van der Waals surface area contributed by atoms with Gasteiger partial charge in [-0.25, -0.2) is 18.1 Å². The van der Waals surface area contributed by atoms with Crippen molar-refractivity contribution in [3.8, 4) is 5.75 Å². The molecule has 23 heavy (non-hydrogen) atoms. The third kappa shape index (κ3) is 5.69. The molecular weight excluding hydrogens is 314 g/mol. The molecule has 0 unspecified atom stereocenters. The van der Waals surface area contributed by atoms with Crippen molar-refractivity contribution in [3.05, 3.63) is 43.0 Å². The van der Waals surface area contributed by atoms with Gasteiger partial charge < -0.3 is 9.30 Å². The second kappa shape index (κ2) is 8.69. The van der Waals surface area contributed by atoms with Crippen LogP contribution in [0.4, 0.5) is 0 Å². The number of imidazole rings is 1. The molecule has 2 aromatic rings. The first-order valence-electron chi connectivity index (χ1n) is 7.80. The molecule has 1 aromatic carbocycles. The van der Waals surface area contributed by atoms with Gasteiger partial charge in [0.2, 0.25) is 10.0 Å². The molecule has 1 N–H and O–H groups in total. The Hall–Kier alpha value is -1.86. The smallest absolute Gasteiger partial charge is 0.240 e. The van der Waals surface area contributed by atoms with Gasteiger partial charge in [-0.2, -0.15) is 0 Å². The number of nitrogens with one attached hydrogen (secondary N) is 1. The van der Waals surface area contributed by atoms with Gasteiger partial charge in [-0.1, -0.05) is 13.3 Å². The fourth-order valence-corrected chi connectivity index (χ4v) is 3.09. The summed E-state index contributed by atoms with van der Waals surface area (Å²) in [4.78, 5) is 4.20. The number of benzene rings is 1. The zero-order valence-corrected chi connectivity index (χ0v) is 14.1. The maximum absolute atomic E-state index is 12.2. The lowest BCUT2D eigenvalue weighted by atomic mass is 10.3. The quantitative estimate of drug-likeness (QED) is 0.676. The molecule has 0 aliphatic carbocycles. The van der Waals surface area contributed by atoms with Crippen LogP contribution in [0, 0.1) is 0 Å². The van der Waals surface area contributed by atoms with Crippen molar-refractivity contribution in [1.82, 2.24) is 14.3 Å². The highest BCUT2D eigenvalue weighted by Crippen LogP contribution is 2.16. The van der Waals surface area contributed by atoms with Gasteiger partial charge in [0.05, 0.1) is 17.8 Å². The van der Waals surface area contributed by atoms with Crippen LogP contribution in [0.1, 0.15) is 26.2 Å². The van der Waals surface area contributed by atoms with Crippen molar-refractivity contribution in [1.29, 1.82) is 0 Å². The number of unbranched alkanes of at least 4 members (excludes halogenated alkanes) is 1. The summed E-state index contributed by atoms with van der Waals surface area (Å²) in [6.07, 6.45) is 8.02. The molecular formula is C16H23N3O3S. The summed E-state index contributed by atoms with van der Waals surface area (Å²) < 4.78 is 34.4. The van der Waals surface area contributed by atoms with E-state index >= 15 is 0 Å². The van der Waals surface area contributed by atoms with Crippen LogP contribution in [0.3, 0.4) is 0 Å². The SMILES string of the molecule is CCCCOc1ccc(S(=O)(=O)NCCCn2ccnc2)cc1. The summed E-state index contributed by atoms with van der Waals surface area (Å²) in [5.41, 5.74) is 0. The Morgan fingerprint density at radius 3 is 2.65 bits per heavy atom. The van der Waals surface area contributed by atoms with Gasteiger partial charge in [-0.05, 0) is 37.1 Å². The Kier molecular flexibility index (Phi) is 6.61.